The summed E-state index contributed by atoms with van der Waals surface area (Å²) in [7, 11) is 0. The smallest absolute Gasteiger partial charge is 0.237 e. The second kappa shape index (κ2) is 8.02. The van der Waals surface area contributed by atoms with E-state index in [1.807, 2.05) is 0 Å². The lowest BCUT2D eigenvalue weighted by Gasteiger charge is -2.57. The van der Waals surface area contributed by atoms with Crippen LogP contribution in [0.2, 0.25) is 0 Å². The van der Waals surface area contributed by atoms with Crippen molar-refractivity contribution >= 4 is 5.91 Å². The van der Waals surface area contributed by atoms with Gasteiger partial charge < -0.3 is 5.32 Å². The highest BCUT2D eigenvalue weighted by molar-refractivity contribution is 5.82. The van der Waals surface area contributed by atoms with Crippen molar-refractivity contribution in [1.29, 1.82) is 0 Å². The fourth-order valence-corrected chi connectivity index (χ4v) is 7.90. The van der Waals surface area contributed by atoms with Crippen LogP contribution in [0.25, 0.3) is 0 Å². The lowest BCUT2D eigenvalue weighted by atomic mass is 9.53. The minimum Gasteiger partial charge on any atom is -0.349 e. The average molecular weight is 429 g/mol. The van der Waals surface area contributed by atoms with Crippen LogP contribution in [0, 0.1) is 17.8 Å². The first kappa shape index (κ1) is 20.5. The summed E-state index contributed by atoms with van der Waals surface area (Å²) < 4.78 is 0. The summed E-state index contributed by atoms with van der Waals surface area (Å²) in [4.78, 5) is 13.7. The number of nitrogens with one attached hydrogen (secondary N) is 2. The highest BCUT2D eigenvalue weighted by atomic mass is 16.2. The maximum absolute atomic E-state index is 13.7. The average Bonchev–Trinajstić information content (AvgIpc) is 2.93. The molecule has 2 N–H and O–H groups in total. The predicted molar refractivity (Wildman–Crippen MR) is 128 cm³/mol. The van der Waals surface area contributed by atoms with E-state index in [2.05, 4.69) is 66.1 Å². The molecule has 4 fully saturated rings. The van der Waals surface area contributed by atoms with Gasteiger partial charge in [-0.3, -0.25) is 10.1 Å². The van der Waals surface area contributed by atoms with Crippen LogP contribution >= 0.6 is 0 Å². The Bertz CT molecular complexity index is 929. The number of fused-ring (bicyclic) bond motifs is 2. The van der Waals surface area contributed by atoms with Gasteiger partial charge in [0, 0.05) is 5.54 Å². The molecule has 4 saturated carbocycles. The van der Waals surface area contributed by atoms with E-state index >= 15 is 0 Å². The first-order valence-corrected chi connectivity index (χ1v) is 12.9. The Hall–Kier alpha value is -2.13. The van der Waals surface area contributed by atoms with Gasteiger partial charge >= 0.3 is 0 Å². The first-order valence-electron chi connectivity index (χ1n) is 12.9. The molecule has 0 saturated heterocycles. The third kappa shape index (κ3) is 3.59. The van der Waals surface area contributed by atoms with E-state index in [0.717, 1.165) is 37.0 Å². The molecule has 0 spiro atoms. The summed E-state index contributed by atoms with van der Waals surface area (Å²) in [5.41, 5.74) is 5.53. The predicted octanol–water partition coefficient (Wildman–Crippen LogP) is 5.33. The molecule has 5 aliphatic carbocycles. The number of benzene rings is 2. The number of amides is 1. The third-order valence-electron chi connectivity index (χ3n) is 8.92. The van der Waals surface area contributed by atoms with Crippen LogP contribution in [0.4, 0.5) is 0 Å². The molecule has 0 unspecified atom stereocenters. The quantitative estimate of drug-likeness (QED) is 0.676. The van der Waals surface area contributed by atoms with Crippen LogP contribution in [0.15, 0.2) is 48.5 Å². The van der Waals surface area contributed by atoms with E-state index in [1.54, 1.807) is 0 Å². The van der Waals surface area contributed by atoms with E-state index in [9.17, 15) is 4.79 Å². The minimum atomic E-state index is -0.174. The summed E-state index contributed by atoms with van der Waals surface area (Å²) in [6.45, 7) is 2.14. The largest absolute Gasteiger partial charge is 0.349 e. The molecule has 3 nitrogen and oxygen atoms in total. The van der Waals surface area contributed by atoms with E-state index < -0.39 is 0 Å². The summed E-state index contributed by atoms with van der Waals surface area (Å²) in [5, 5.41) is 7.46. The van der Waals surface area contributed by atoms with Gasteiger partial charge in [0.15, 0.2) is 0 Å². The molecular weight excluding hydrogens is 392 g/mol. The van der Waals surface area contributed by atoms with Crippen molar-refractivity contribution < 1.29 is 4.79 Å². The summed E-state index contributed by atoms with van der Waals surface area (Å²) in [5.74, 6) is 2.74. The van der Waals surface area contributed by atoms with Crippen LogP contribution in [0.3, 0.4) is 0 Å². The maximum Gasteiger partial charge on any atom is 0.237 e. The van der Waals surface area contributed by atoms with E-state index in [4.69, 9.17) is 0 Å². The Morgan fingerprint density at radius 2 is 1.38 bits per heavy atom. The van der Waals surface area contributed by atoms with Gasteiger partial charge in [0.25, 0.3) is 0 Å². The number of hydrogen-bond donors (Lipinski definition) is 2. The third-order valence-corrected chi connectivity index (χ3v) is 8.92. The van der Waals surface area contributed by atoms with E-state index in [0.29, 0.717) is 0 Å². The Morgan fingerprint density at radius 3 is 1.88 bits per heavy atom. The summed E-state index contributed by atoms with van der Waals surface area (Å²) in [6.07, 6.45) is 10.7. The molecule has 2 aromatic carbocycles. The zero-order chi connectivity index (χ0) is 21.7. The van der Waals surface area contributed by atoms with Crippen molar-refractivity contribution in [3.05, 3.63) is 70.8 Å². The first-order chi connectivity index (χ1) is 15.6. The van der Waals surface area contributed by atoms with Crippen molar-refractivity contribution in [2.45, 2.75) is 82.3 Å². The number of carbonyl (C=O) groups excluding carboxylic acids is 1. The van der Waals surface area contributed by atoms with Gasteiger partial charge in [0.2, 0.25) is 5.91 Å². The number of hydrogen-bond acceptors (Lipinski definition) is 2. The lowest BCUT2D eigenvalue weighted by molar-refractivity contribution is -0.129. The zero-order valence-electron chi connectivity index (χ0n) is 19.3. The molecule has 5 aliphatic rings. The fraction of sp³-hybridized carbons (Fsp3) is 0.552. The van der Waals surface area contributed by atoms with Gasteiger partial charge in [-0.2, -0.15) is 0 Å². The van der Waals surface area contributed by atoms with Gasteiger partial charge in [-0.05, 0) is 97.8 Å². The van der Waals surface area contributed by atoms with Gasteiger partial charge in [0.1, 0.15) is 0 Å². The van der Waals surface area contributed by atoms with Crippen LogP contribution in [0.1, 0.15) is 80.2 Å². The van der Waals surface area contributed by atoms with Crippen molar-refractivity contribution in [3.8, 4) is 0 Å². The second-order valence-corrected chi connectivity index (χ2v) is 11.1. The highest BCUT2D eigenvalue weighted by Crippen LogP contribution is 2.55. The molecule has 3 heteroatoms. The molecule has 0 aromatic heterocycles. The summed E-state index contributed by atoms with van der Waals surface area (Å²) in [6, 6.07) is 17.5. The van der Waals surface area contributed by atoms with E-state index in [1.165, 1.54) is 60.8 Å². The Kier molecular flexibility index (Phi) is 5.13. The standard InChI is InChI=1S/C29H36N2O/c1-2-26(28(32)31-29-16-19-13-20(17-29)15-21(14-19)18-29)30-27-24-9-5-3-7-22(24)11-12-23-8-4-6-10-25(23)27/h3-10,19-21,26-27,30H,2,11-18H2,1H3,(H,31,32)/t19?,20?,21?,26-,29?/m0/s1. The maximum atomic E-state index is 13.7. The number of rotatable bonds is 5. The highest BCUT2D eigenvalue weighted by Gasteiger charge is 2.51. The topological polar surface area (TPSA) is 41.1 Å². The molecule has 0 radical (unpaired) electrons. The molecule has 1 amide bonds. The Balaban J connectivity index is 1.27. The Morgan fingerprint density at radius 1 is 0.875 bits per heavy atom. The minimum absolute atomic E-state index is 0.0666. The van der Waals surface area contributed by atoms with Crippen LogP contribution in [-0.4, -0.2) is 17.5 Å². The van der Waals surface area contributed by atoms with Gasteiger partial charge in [0.05, 0.1) is 12.1 Å². The molecule has 0 heterocycles. The fourth-order valence-electron chi connectivity index (χ4n) is 7.90. The summed E-state index contributed by atoms with van der Waals surface area (Å²) >= 11 is 0. The molecule has 4 bridgehead atoms. The van der Waals surface area contributed by atoms with E-state index in [-0.39, 0.29) is 23.5 Å². The van der Waals surface area contributed by atoms with Gasteiger partial charge in [-0.15, -0.1) is 0 Å². The monoisotopic (exact) mass is 428 g/mol. The molecule has 168 valence electrons. The van der Waals surface area contributed by atoms with Crippen molar-refractivity contribution in [2.24, 2.45) is 17.8 Å². The molecule has 2 aromatic rings. The SMILES string of the molecule is CC[C@H](NC1c2ccccc2CCc2ccccc21)C(=O)NC12CC3CC(CC(C3)C1)C2. The van der Waals surface area contributed by atoms with Crippen molar-refractivity contribution in [3.63, 3.8) is 0 Å². The van der Waals surface area contributed by atoms with Crippen molar-refractivity contribution in [1.82, 2.24) is 10.6 Å². The molecular formula is C29H36N2O. The number of aryl methyl sites for hydroxylation is 2. The zero-order valence-corrected chi connectivity index (χ0v) is 19.3. The van der Waals surface area contributed by atoms with Gasteiger partial charge in [-0.25, -0.2) is 0 Å². The van der Waals surface area contributed by atoms with Crippen LogP contribution in [0.5, 0.6) is 0 Å². The molecule has 32 heavy (non-hydrogen) atoms. The Labute approximate surface area is 192 Å². The number of carbonyl (C=O) groups is 1. The lowest BCUT2D eigenvalue weighted by Crippen LogP contribution is -2.62. The van der Waals surface area contributed by atoms with Crippen LogP contribution in [-0.2, 0) is 17.6 Å². The molecule has 7 rings (SSSR count). The van der Waals surface area contributed by atoms with Gasteiger partial charge in [-0.1, -0.05) is 55.5 Å². The van der Waals surface area contributed by atoms with Crippen LogP contribution < -0.4 is 10.6 Å². The normalized spacial score (nSPS) is 31.5. The molecule has 0 aliphatic heterocycles. The molecule has 1 atom stereocenters. The second-order valence-electron chi connectivity index (χ2n) is 11.1. The van der Waals surface area contributed by atoms with Crippen molar-refractivity contribution in [2.75, 3.05) is 0 Å².